The molecule has 0 radical (unpaired) electrons. The first-order chi connectivity index (χ1) is 6.00. The lowest BCUT2D eigenvalue weighted by Gasteiger charge is -2.19. The minimum absolute atomic E-state index is 0.00801. The van der Waals surface area contributed by atoms with Gasteiger partial charge in [-0.05, 0) is 12.3 Å². The molecule has 1 heterocycles. The average Bonchev–Trinajstić information content (AvgIpc) is 2.53. The van der Waals surface area contributed by atoms with E-state index in [1.165, 1.54) is 0 Å². The van der Waals surface area contributed by atoms with Crippen LogP contribution in [-0.2, 0) is 0 Å². The molecule has 0 aromatic carbocycles. The molecule has 1 aliphatic heterocycles. The summed E-state index contributed by atoms with van der Waals surface area (Å²) in [6, 6.07) is 0. The van der Waals surface area contributed by atoms with Crippen LogP contribution in [-0.4, -0.2) is 29.9 Å². The number of hydrogen-bond acceptors (Lipinski definition) is 1. The number of nitrogens with zero attached hydrogens (tertiary/aromatic N) is 1. The van der Waals surface area contributed by atoms with Gasteiger partial charge in [0.25, 0.3) is 5.92 Å². The number of hydrogen-bond donors (Lipinski definition) is 2. The van der Waals surface area contributed by atoms with Crippen molar-refractivity contribution in [2.75, 3.05) is 13.1 Å². The van der Waals surface area contributed by atoms with Crippen LogP contribution in [0.15, 0.2) is 0 Å². The summed E-state index contributed by atoms with van der Waals surface area (Å²) in [5, 5.41) is 7.16. The molecule has 13 heavy (non-hydrogen) atoms. The third-order valence-electron chi connectivity index (χ3n) is 3.17. The van der Waals surface area contributed by atoms with Gasteiger partial charge in [-0.2, -0.15) is 0 Å². The summed E-state index contributed by atoms with van der Waals surface area (Å²) in [5.41, 5.74) is 5.25. The zero-order valence-electron chi connectivity index (χ0n) is 7.26. The molecule has 0 spiro atoms. The fourth-order valence-electron chi connectivity index (χ4n) is 2.40. The molecule has 0 bridgehead atoms. The molecule has 0 amide bonds. The molecule has 2 fully saturated rings. The van der Waals surface area contributed by atoms with Gasteiger partial charge >= 0.3 is 0 Å². The predicted molar refractivity (Wildman–Crippen MR) is 44.6 cm³/mol. The molecule has 5 heteroatoms. The van der Waals surface area contributed by atoms with Crippen LogP contribution < -0.4 is 5.73 Å². The first-order valence-corrected chi connectivity index (χ1v) is 4.47. The van der Waals surface area contributed by atoms with Crippen molar-refractivity contribution < 1.29 is 8.78 Å². The van der Waals surface area contributed by atoms with Crippen LogP contribution in [0.25, 0.3) is 0 Å². The average molecular weight is 189 g/mol. The van der Waals surface area contributed by atoms with Crippen molar-refractivity contribution in [1.82, 2.24) is 4.90 Å². The van der Waals surface area contributed by atoms with Crippen molar-refractivity contribution in [1.29, 1.82) is 5.41 Å². The van der Waals surface area contributed by atoms with Gasteiger partial charge in [0.05, 0.1) is 0 Å². The van der Waals surface area contributed by atoms with Gasteiger partial charge in [-0.25, -0.2) is 8.78 Å². The second kappa shape index (κ2) is 2.56. The molecule has 1 aliphatic carbocycles. The van der Waals surface area contributed by atoms with Gasteiger partial charge in [0, 0.05) is 25.4 Å². The van der Waals surface area contributed by atoms with Gasteiger partial charge in [0.2, 0.25) is 0 Å². The molecular weight excluding hydrogens is 176 g/mol. The fourth-order valence-corrected chi connectivity index (χ4v) is 2.40. The Balaban J connectivity index is 2.10. The van der Waals surface area contributed by atoms with Crippen molar-refractivity contribution in [3.05, 3.63) is 0 Å². The number of halogens is 2. The first kappa shape index (κ1) is 8.72. The summed E-state index contributed by atoms with van der Waals surface area (Å²) in [6.45, 7) is 0.794. The van der Waals surface area contributed by atoms with E-state index in [2.05, 4.69) is 0 Å². The second-order valence-electron chi connectivity index (χ2n) is 3.96. The molecule has 2 rings (SSSR count). The van der Waals surface area contributed by atoms with Crippen molar-refractivity contribution >= 4 is 5.96 Å². The maximum Gasteiger partial charge on any atom is 0.252 e. The molecule has 0 aromatic rings. The molecular formula is C8H13F2N3. The van der Waals surface area contributed by atoms with E-state index < -0.39 is 11.8 Å². The summed E-state index contributed by atoms with van der Waals surface area (Å²) >= 11 is 0. The van der Waals surface area contributed by atoms with E-state index in [-0.39, 0.29) is 24.8 Å². The number of alkyl halides is 2. The maximum atomic E-state index is 13.2. The van der Waals surface area contributed by atoms with Gasteiger partial charge in [0.15, 0.2) is 5.96 Å². The molecule has 3 N–H and O–H groups in total. The quantitative estimate of drug-likeness (QED) is 0.438. The number of nitrogens with two attached hydrogens (primary N) is 1. The largest absolute Gasteiger partial charge is 0.370 e. The number of guanidine groups is 1. The number of likely N-dealkylation sites (tertiary alicyclic amines) is 1. The Morgan fingerprint density at radius 2 is 2.15 bits per heavy atom. The van der Waals surface area contributed by atoms with E-state index in [4.69, 9.17) is 11.1 Å². The lowest BCUT2D eigenvalue weighted by molar-refractivity contribution is -0.0380. The Labute approximate surface area is 75.4 Å². The van der Waals surface area contributed by atoms with Gasteiger partial charge in [-0.1, -0.05) is 0 Å². The maximum absolute atomic E-state index is 13.2. The van der Waals surface area contributed by atoms with Gasteiger partial charge in [-0.3, -0.25) is 5.41 Å². The zero-order valence-corrected chi connectivity index (χ0v) is 7.26. The van der Waals surface area contributed by atoms with Crippen LogP contribution in [0.2, 0.25) is 0 Å². The highest BCUT2D eigenvalue weighted by Crippen LogP contribution is 2.47. The molecule has 0 aromatic heterocycles. The number of nitrogens with one attached hydrogen (secondary N) is 1. The molecule has 2 atom stereocenters. The van der Waals surface area contributed by atoms with Crippen LogP contribution in [0.1, 0.15) is 12.8 Å². The van der Waals surface area contributed by atoms with Crippen LogP contribution >= 0.6 is 0 Å². The Morgan fingerprint density at radius 3 is 2.69 bits per heavy atom. The van der Waals surface area contributed by atoms with Crippen LogP contribution in [0.3, 0.4) is 0 Å². The zero-order chi connectivity index (χ0) is 9.64. The molecule has 1 saturated heterocycles. The Bertz CT molecular complexity index is 242. The summed E-state index contributed by atoms with van der Waals surface area (Å²) in [7, 11) is 0. The summed E-state index contributed by atoms with van der Waals surface area (Å²) in [6.07, 6.45) is 0.579. The van der Waals surface area contributed by atoms with Gasteiger partial charge in [-0.15, -0.1) is 0 Å². The topological polar surface area (TPSA) is 53.1 Å². The van der Waals surface area contributed by atoms with Crippen molar-refractivity contribution in [3.63, 3.8) is 0 Å². The summed E-state index contributed by atoms with van der Waals surface area (Å²) in [5.74, 6) is -3.14. The minimum atomic E-state index is -2.53. The standard InChI is InChI=1S/C8H13F2N3/c9-8(10)2-1-5-3-13(7(11)12)4-6(5)8/h5-6H,1-4H2,(H3,11,12)/t5-,6-/m0/s1. The SMILES string of the molecule is N=C(N)N1C[C@@H]2CCC(F)(F)[C@H]2C1. The molecule has 1 saturated carbocycles. The van der Waals surface area contributed by atoms with Crippen molar-refractivity contribution in [2.24, 2.45) is 17.6 Å². The number of fused-ring (bicyclic) bond motifs is 1. The van der Waals surface area contributed by atoms with Crippen molar-refractivity contribution in [2.45, 2.75) is 18.8 Å². The monoisotopic (exact) mass is 189 g/mol. The van der Waals surface area contributed by atoms with E-state index >= 15 is 0 Å². The summed E-state index contributed by atoms with van der Waals surface area (Å²) in [4.78, 5) is 1.54. The Kier molecular flexibility index (Phi) is 1.72. The molecule has 74 valence electrons. The highest BCUT2D eigenvalue weighted by atomic mass is 19.3. The fraction of sp³-hybridized carbons (Fsp3) is 0.875. The second-order valence-corrected chi connectivity index (χ2v) is 3.96. The van der Waals surface area contributed by atoms with E-state index in [1.54, 1.807) is 4.90 Å². The Hall–Kier alpha value is -0.870. The van der Waals surface area contributed by atoms with Gasteiger partial charge < -0.3 is 10.6 Å². The number of rotatable bonds is 0. The minimum Gasteiger partial charge on any atom is -0.370 e. The third kappa shape index (κ3) is 1.26. The van der Waals surface area contributed by atoms with Crippen molar-refractivity contribution in [3.8, 4) is 0 Å². The van der Waals surface area contributed by atoms with Gasteiger partial charge in [0.1, 0.15) is 0 Å². The highest BCUT2D eigenvalue weighted by molar-refractivity contribution is 5.75. The Morgan fingerprint density at radius 1 is 1.46 bits per heavy atom. The highest BCUT2D eigenvalue weighted by Gasteiger charge is 2.54. The van der Waals surface area contributed by atoms with E-state index in [1.807, 2.05) is 0 Å². The normalized spacial score (nSPS) is 36.3. The van der Waals surface area contributed by atoms with E-state index in [9.17, 15) is 8.78 Å². The lowest BCUT2D eigenvalue weighted by Crippen LogP contribution is -2.37. The van der Waals surface area contributed by atoms with Crippen LogP contribution in [0.5, 0.6) is 0 Å². The molecule has 0 unspecified atom stereocenters. The first-order valence-electron chi connectivity index (χ1n) is 4.47. The van der Waals surface area contributed by atoms with E-state index in [0.29, 0.717) is 13.0 Å². The molecule has 3 nitrogen and oxygen atoms in total. The summed E-state index contributed by atoms with van der Waals surface area (Å²) < 4.78 is 26.4. The van der Waals surface area contributed by atoms with Crippen LogP contribution in [0.4, 0.5) is 8.78 Å². The third-order valence-corrected chi connectivity index (χ3v) is 3.17. The lowest BCUT2D eigenvalue weighted by atomic mass is 9.99. The van der Waals surface area contributed by atoms with E-state index in [0.717, 1.165) is 0 Å². The predicted octanol–water partition coefficient (Wildman–Crippen LogP) is 0.857. The van der Waals surface area contributed by atoms with Crippen LogP contribution in [0, 0.1) is 17.2 Å². The smallest absolute Gasteiger partial charge is 0.252 e. The molecule has 2 aliphatic rings.